The summed E-state index contributed by atoms with van der Waals surface area (Å²) in [5.74, 6) is -0.154. The molecule has 0 aromatic heterocycles. The maximum atomic E-state index is 12.7. The topological polar surface area (TPSA) is 73.9 Å². The molecule has 7 nitrogen and oxygen atoms in total. The lowest BCUT2D eigenvalue weighted by Gasteiger charge is -2.35. The number of hydrogen-bond donors (Lipinski definition) is 2. The van der Waals surface area contributed by atoms with E-state index in [1.165, 1.54) is 6.92 Å². The third-order valence-corrected chi connectivity index (χ3v) is 5.58. The number of piperazine rings is 1. The number of amides is 2. The maximum absolute atomic E-state index is 12.7. The fraction of sp³-hybridized carbons (Fsp3) is 0.619. The zero-order valence-electron chi connectivity index (χ0n) is 19.1. The summed E-state index contributed by atoms with van der Waals surface area (Å²) in [6.07, 6.45) is -16.7. The number of anilines is 1. The summed E-state index contributed by atoms with van der Waals surface area (Å²) in [5.41, 5.74) is 1.57. The van der Waals surface area contributed by atoms with Crippen LogP contribution in [0.25, 0.3) is 0 Å². The third kappa shape index (κ3) is 8.95. The predicted molar refractivity (Wildman–Crippen MR) is 117 cm³/mol. The van der Waals surface area contributed by atoms with Crippen molar-refractivity contribution in [2.45, 2.75) is 51.3 Å². The van der Waals surface area contributed by atoms with E-state index in [0.717, 1.165) is 16.2 Å². The minimum absolute atomic E-state index is 0.0991. The molecule has 1 atom stereocenters. The van der Waals surface area contributed by atoms with Crippen LogP contribution in [0.15, 0.2) is 18.2 Å². The van der Waals surface area contributed by atoms with Crippen LogP contribution in [0.1, 0.15) is 25.8 Å². The van der Waals surface area contributed by atoms with Crippen LogP contribution in [-0.4, -0.2) is 79.0 Å². The minimum Gasteiger partial charge on any atom is -0.426 e. The highest BCUT2D eigenvalue weighted by Gasteiger charge is 2.60. The van der Waals surface area contributed by atoms with E-state index in [0.29, 0.717) is 24.5 Å². The Balaban J connectivity index is 1.97. The average Bonchev–Trinajstić information content (AvgIpc) is 2.75. The Morgan fingerprint density at radius 1 is 1.09 bits per heavy atom. The first-order valence-electron chi connectivity index (χ1n) is 10.8. The van der Waals surface area contributed by atoms with Gasteiger partial charge in [0.15, 0.2) is 0 Å². The van der Waals surface area contributed by atoms with Gasteiger partial charge >= 0.3 is 18.4 Å². The van der Waals surface area contributed by atoms with Crippen molar-refractivity contribution in [1.82, 2.24) is 15.1 Å². The number of nitrogens with one attached hydrogen (secondary N) is 2. The van der Waals surface area contributed by atoms with Crippen LogP contribution in [0.5, 0.6) is 0 Å². The van der Waals surface area contributed by atoms with E-state index in [9.17, 15) is 35.9 Å². The Hall–Kier alpha value is -2.41. The van der Waals surface area contributed by atoms with Crippen LogP contribution in [0.2, 0.25) is 5.02 Å². The van der Waals surface area contributed by atoms with Crippen LogP contribution in [-0.2, 0) is 16.1 Å². The molecule has 1 aromatic carbocycles. The number of ether oxygens (including phenoxy) is 1. The van der Waals surface area contributed by atoms with Gasteiger partial charge in [0, 0.05) is 62.9 Å². The summed E-state index contributed by atoms with van der Waals surface area (Å²) >= 11 is 6.11. The number of rotatable bonds is 8. The van der Waals surface area contributed by atoms with Gasteiger partial charge in [-0.05, 0) is 24.1 Å². The lowest BCUT2D eigenvalue weighted by Crippen LogP contribution is -2.52. The lowest BCUT2D eigenvalue weighted by molar-refractivity contribution is -0.308. The van der Waals surface area contributed by atoms with Crippen molar-refractivity contribution in [2.24, 2.45) is 0 Å². The van der Waals surface area contributed by atoms with E-state index in [1.54, 1.807) is 18.2 Å². The first kappa shape index (κ1) is 28.8. The van der Waals surface area contributed by atoms with E-state index in [2.05, 4.69) is 15.4 Å². The Kier molecular flexibility index (Phi) is 9.90. The monoisotopic (exact) mass is 532 g/mol. The van der Waals surface area contributed by atoms with Gasteiger partial charge in [-0.3, -0.25) is 9.69 Å². The summed E-state index contributed by atoms with van der Waals surface area (Å²) in [4.78, 5) is 26.0. The van der Waals surface area contributed by atoms with Crippen molar-refractivity contribution in [3.05, 3.63) is 28.8 Å². The zero-order chi connectivity index (χ0) is 26.4. The lowest BCUT2D eigenvalue weighted by atomic mass is 10.1. The molecule has 198 valence electrons. The van der Waals surface area contributed by atoms with Gasteiger partial charge < -0.3 is 20.3 Å². The molecule has 2 amide bonds. The fourth-order valence-electron chi connectivity index (χ4n) is 3.49. The van der Waals surface area contributed by atoms with Crippen molar-refractivity contribution in [3.63, 3.8) is 0 Å². The van der Waals surface area contributed by atoms with Crippen molar-refractivity contribution < 1.29 is 40.7 Å². The van der Waals surface area contributed by atoms with Crippen LogP contribution in [0.4, 0.5) is 36.8 Å². The van der Waals surface area contributed by atoms with Crippen molar-refractivity contribution in [1.29, 1.82) is 0 Å². The second-order valence-corrected chi connectivity index (χ2v) is 8.53. The van der Waals surface area contributed by atoms with Crippen LogP contribution >= 0.6 is 11.6 Å². The molecule has 0 radical (unpaired) electrons. The highest BCUT2D eigenvalue weighted by atomic mass is 35.5. The van der Waals surface area contributed by atoms with E-state index in [-0.39, 0.29) is 38.1 Å². The molecule has 0 saturated carbocycles. The SMILES string of the molecule is CCC(CNc1cc(Cl)ccc1CN1CCN(C(=O)OC(C(F)(F)F)C(F)(F)F)CC1)NC(C)=O. The summed E-state index contributed by atoms with van der Waals surface area (Å²) in [6.45, 7) is 4.42. The van der Waals surface area contributed by atoms with Crippen molar-refractivity contribution in [3.8, 4) is 0 Å². The zero-order valence-corrected chi connectivity index (χ0v) is 19.9. The molecule has 0 bridgehead atoms. The van der Waals surface area contributed by atoms with E-state index >= 15 is 0 Å². The van der Waals surface area contributed by atoms with Crippen LogP contribution in [0.3, 0.4) is 0 Å². The molecule has 1 aliphatic heterocycles. The number of benzene rings is 1. The van der Waals surface area contributed by atoms with Gasteiger partial charge in [-0.25, -0.2) is 4.79 Å². The molecule has 2 N–H and O–H groups in total. The Morgan fingerprint density at radius 3 is 2.20 bits per heavy atom. The van der Waals surface area contributed by atoms with Gasteiger partial charge in [-0.15, -0.1) is 0 Å². The Morgan fingerprint density at radius 2 is 1.69 bits per heavy atom. The highest BCUT2D eigenvalue weighted by Crippen LogP contribution is 2.36. The Bertz CT molecular complexity index is 862. The number of carbonyl (C=O) groups excluding carboxylic acids is 2. The first-order chi connectivity index (χ1) is 16.2. The number of hydrogen-bond acceptors (Lipinski definition) is 5. The number of alkyl halides is 6. The molecule has 0 aliphatic carbocycles. The molecular formula is C21H27ClF6N4O3. The van der Waals surface area contributed by atoms with Crippen molar-refractivity contribution >= 4 is 29.3 Å². The second-order valence-electron chi connectivity index (χ2n) is 8.10. The van der Waals surface area contributed by atoms with Crippen LogP contribution < -0.4 is 10.6 Å². The maximum Gasteiger partial charge on any atom is 0.434 e. The van der Waals surface area contributed by atoms with Gasteiger partial charge in [-0.2, -0.15) is 26.3 Å². The van der Waals surface area contributed by atoms with Gasteiger partial charge in [0.2, 0.25) is 5.91 Å². The standard InChI is InChI=1S/C21H27ClF6N4O3/c1-3-16(30-13(2)33)11-29-17-10-15(22)5-4-14(17)12-31-6-8-32(9-7-31)19(34)35-18(20(23,24)25)21(26,27)28/h4-5,10,16,18,29H,3,6-9,11-12H2,1-2H3,(H,30,33). The quantitative estimate of drug-likeness (QED) is 0.485. The fourth-order valence-corrected chi connectivity index (χ4v) is 3.67. The second kappa shape index (κ2) is 12.0. The molecule has 35 heavy (non-hydrogen) atoms. The molecule has 1 unspecified atom stereocenters. The molecular weight excluding hydrogens is 506 g/mol. The van der Waals surface area contributed by atoms with Gasteiger partial charge in [-0.1, -0.05) is 24.6 Å². The molecule has 14 heteroatoms. The predicted octanol–water partition coefficient (Wildman–Crippen LogP) is 4.41. The number of carbonyl (C=O) groups is 2. The molecule has 1 heterocycles. The normalized spacial score (nSPS) is 16.2. The number of nitrogens with zero attached hydrogens (tertiary/aromatic N) is 2. The Labute approximate surface area is 203 Å². The summed E-state index contributed by atoms with van der Waals surface area (Å²) in [5, 5.41) is 6.57. The van der Waals surface area contributed by atoms with E-state index in [1.807, 2.05) is 11.8 Å². The number of halogens is 7. The molecule has 1 aromatic rings. The highest BCUT2D eigenvalue weighted by molar-refractivity contribution is 6.30. The van der Waals surface area contributed by atoms with Gasteiger partial charge in [0.25, 0.3) is 6.10 Å². The third-order valence-electron chi connectivity index (χ3n) is 5.35. The summed E-state index contributed by atoms with van der Waals surface area (Å²) < 4.78 is 79.7. The molecule has 0 spiro atoms. The molecule has 2 rings (SSSR count). The molecule has 1 fully saturated rings. The van der Waals surface area contributed by atoms with E-state index < -0.39 is 24.5 Å². The smallest absolute Gasteiger partial charge is 0.426 e. The molecule has 1 aliphatic rings. The largest absolute Gasteiger partial charge is 0.434 e. The summed E-state index contributed by atoms with van der Waals surface area (Å²) in [6, 6.07) is 5.10. The van der Waals surface area contributed by atoms with E-state index in [4.69, 9.17) is 11.6 Å². The van der Waals surface area contributed by atoms with Crippen molar-refractivity contribution in [2.75, 3.05) is 38.0 Å². The van der Waals surface area contributed by atoms with Gasteiger partial charge in [0.05, 0.1) is 0 Å². The van der Waals surface area contributed by atoms with Crippen LogP contribution in [0, 0.1) is 0 Å². The molecule has 1 saturated heterocycles. The van der Waals surface area contributed by atoms with Gasteiger partial charge in [0.1, 0.15) is 0 Å². The first-order valence-corrected chi connectivity index (χ1v) is 11.2. The summed E-state index contributed by atoms with van der Waals surface area (Å²) in [7, 11) is 0. The average molecular weight is 533 g/mol. The minimum atomic E-state index is -5.76.